The first-order valence-electron chi connectivity index (χ1n) is 6.15. The highest BCUT2D eigenvalue weighted by Gasteiger charge is 2.13. The molecule has 1 aromatic carbocycles. The number of anilines is 1. The Morgan fingerprint density at radius 3 is 2.95 bits per heavy atom. The summed E-state index contributed by atoms with van der Waals surface area (Å²) in [5.74, 6) is -0.365. The molecule has 0 saturated carbocycles. The van der Waals surface area contributed by atoms with Crippen LogP contribution in [0, 0.1) is 21.4 Å². The summed E-state index contributed by atoms with van der Waals surface area (Å²) in [6.45, 7) is -0.0852. The predicted molar refractivity (Wildman–Crippen MR) is 80.3 cm³/mol. The van der Waals surface area contributed by atoms with E-state index in [0.717, 1.165) is 4.90 Å². The molecule has 22 heavy (non-hydrogen) atoms. The van der Waals surface area contributed by atoms with Crippen molar-refractivity contribution < 1.29 is 9.72 Å². The molecule has 2 rings (SSSR count). The molecule has 0 atom stereocenters. The van der Waals surface area contributed by atoms with E-state index in [9.17, 15) is 14.9 Å². The van der Waals surface area contributed by atoms with Crippen LogP contribution in [0.3, 0.4) is 0 Å². The quantitative estimate of drug-likeness (QED) is 0.495. The Labute approximate surface area is 129 Å². The maximum Gasteiger partial charge on any atom is 0.381 e. The van der Waals surface area contributed by atoms with Crippen molar-refractivity contribution >= 4 is 29.2 Å². The van der Waals surface area contributed by atoms with Crippen LogP contribution in [0.4, 0.5) is 11.5 Å². The molecule has 1 amide bonds. The van der Waals surface area contributed by atoms with E-state index in [4.69, 9.17) is 5.26 Å². The number of nitro groups is 1. The highest BCUT2D eigenvalue weighted by atomic mass is 32.2. The van der Waals surface area contributed by atoms with Gasteiger partial charge >= 0.3 is 5.82 Å². The summed E-state index contributed by atoms with van der Waals surface area (Å²) in [6, 6.07) is 9.15. The third kappa shape index (κ3) is 4.07. The van der Waals surface area contributed by atoms with Crippen molar-refractivity contribution in [2.45, 2.75) is 11.4 Å². The number of aromatic nitrogens is 2. The third-order valence-corrected chi connectivity index (χ3v) is 3.53. The number of nitrogens with zero attached hydrogens (tertiary/aromatic N) is 4. The van der Waals surface area contributed by atoms with E-state index >= 15 is 0 Å². The number of carbonyl (C=O) groups is 1. The normalized spacial score (nSPS) is 9.95. The van der Waals surface area contributed by atoms with Gasteiger partial charge in [-0.3, -0.25) is 4.79 Å². The van der Waals surface area contributed by atoms with E-state index in [1.54, 1.807) is 18.2 Å². The highest BCUT2D eigenvalue weighted by Crippen LogP contribution is 2.26. The maximum absolute atomic E-state index is 12.0. The molecular weight excluding hydrogens is 306 g/mol. The molecule has 8 nitrogen and oxygen atoms in total. The fourth-order valence-corrected chi connectivity index (χ4v) is 2.36. The number of benzene rings is 1. The van der Waals surface area contributed by atoms with Crippen LogP contribution in [0.25, 0.3) is 0 Å². The highest BCUT2D eigenvalue weighted by molar-refractivity contribution is 7.99. The molecule has 0 spiro atoms. The number of nitrogens with one attached hydrogen (secondary N) is 1. The van der Waals surface area contributed by atoms with Gasteiger partial charge in [0.2, 0.25) is 12.2 Å². The van der Waals surface area contributed by atoms with Gasteiger partial charge in [0, 0.05) is 4.90 Å². The fourth-order valence-electron chi connectivity index (χ4n) is 1.69. The molecule has 1 N–H and O–H groups in total. The third-order valence-electron chi connectivity index (χ3n) is 2.59. The number of hydrogen-bond donors (Lipinski definition) is 1. The van der Waals surface area contributed by atoms with Crippen LogP contribution in [0.2, 0.25) is 0 Å². The minimum absolute atomic E-state index is 0.0852. The van der Waals surface area contributed by atoms with Crippen molar-refractivity contribution in [3.63, 3.8) is 0 Å². The van der Waals surface area contributed by atoms with Gasteiger partial charge in [-0.25, -0.2) is 0 Å². The molecule has 0 bridgehead atoms. The van der Waals surface area contributed by atoms with Gasteiger partial charge in [0.05, 0.1) is 17.5 Å². The first kappa shape index (κ1) is 15.5. The van der Waals surface area contributed by atoms with Gasteiger partial charge in [-0.05, 0) is 22.0 Å². The molecule has 1 aromatic heterocycles. The lowest BCUT2D eigenvalue weighted by Crippen LogP contribution is -2.18. The molecule has 0 aliphatic carbocycles. The smallest absolute Gasteiger partial charge is 0.358 e. The maximum atomic E-state index is 12.0. The molecule has 9 heteroatoms. The molecule has 0 saturated heterocycles. The Balaban J connectivity index is 2.02. The Morgan fingerprint density at radius 1 is 1.50 bits per heavy atom. The summed E-state index contributed by atoms with van der Waals surface area (Å²) in [4.78, 5) is 26.3. The molecule has 0 aliphatic rings. The predicted octanol–water partition coefficient (Wildman–Crippen LogP) is 2.05. The summed E-state index contributed by atoms with van der Waals surface area (Å²) >= 11 is 1.32. The largest absolute Gasteiger partial charge is 0.381 e. The van der Waals surface area contributed by atoms with Gasteiger partial charge in [-0.2, -0.15) is 5.26 Å². The average molecular weight is 317 g/mol. The minimum atomic E-state index is -0.623. The van der Waals surface area contributed by atoms with Crippen molar-refractivity contribution in [2.75, 3.05) is 11.1 Å². The van der Waals surface area contributed by atoms with E-state index in [0.29, 0.717) is 5.69 Å². The number of imidazole rings is 1. The average Bonchev–Trinajstić information content (AvgIpc) is 2.95. The van der Waals surface area contributed by atoms with Crippen molar-refractivity contribution in [1.82, 2.24) is 9.55 Å². The lowest BCUT2D eigenvalue weighted by Gasteiger charge is -2.09. The number of nitriles is 1. The Morgan fingerprint density at radius 2 is 2.27 bits per heavy atom. The zero-order chi connectivity index (χ0) is 15.9. The fraction of sp³-hybridized carbons (Fsp3) is 0.154. The number of rotatable bonds is 6. The summed E-state index contributed by atoms with van der Waals surface area (Å²) in [6.07, 6.45) is 2.42. The Bertz CT molecular complexity index is 737. The Kier molecular flexibility index (Phi) is 5.11. The zero-order valence-electron chi connectivity index (χ0n) is 11.3. The number of para-hydroxylation sites is 1. The minimum Gasteiger partial charge on any atom is -0.358 e. The second-order valence-electron chi connectivity index (χ2n) is 4.15. The van der Waals surface area contributed by atoms with Gasteiger partial charge in [-0.1, -0.05) is 12.1 Å². The van der Waals surface area contributed by atoms with Gasteiger partial charge in [0.1, 0.15) is 12.7 Å². The van der Waals surface area contributed by atoms with Crippen LogP contribution in [0.5, 0.6) is 0 Å². The number of hydrogen-bond acceptors (Lipinski definition) is 6. The molecule has 2 aromatic rings. The van der Waals surface area contributed by atoms with E-state index in [2.05, 4.69) is 10.3 Å². The second-order valence-corrected chi connectivity index (χ2v) is 5.17. The van der Waals surface area contributed by atoms with Crippen molar-refractivity contribution in [1.29, 1.82) is 5.26 Å². The van der Waals surface area contributed by atoms with Crippen LogP contribution in [-0.2, 0) is 11.3 Å². The molecule has 112 valence electrons. The monoisotopic (exact) mass is 317 g/mol. The standard InChI is InChI=1S/C13H11N5O3S/c14-5-6-22-11-4-2-1-3-10(11)16-13(19)8-17-7-12(15-9-17)18(20)21/h1-4,7,9H,6,8H2,(H,16,19). The molecule has 0 unspecified atom stereocenters. The van der Waals surface area contributed by atoms with Crippen molar-refractivity contribution in [3.8, 4) is 6.07 Å². The van der Waals surface area contributed by atoms with Crippen LogP contribution < -0.4 is 5.32 Å². The first-order valence-corrected chi connectivity index (χ1v) is 7.13. The van der Waals surface area contributed by atoms with Crippen LogP contribution in [-0.4, -0.2) is 26.1 Å². The zero-order valence-corrected chi connectivity index (χ0v) is 12.1. The number of thioether (sulfide) groups is 1. The van der Waals surface area contributed by atoms with E-state index in [-0.39, 0.29) is 24.0 Å². The first-order chi connectivity index (χ1) is 10.6. The summed E-state index contributed by atoms with van der Waals surface area (Å²) in [7, 11) is 0. The SMILES string of the molecule is N#CCSc1ccccc1NC(=O)Cn1cnc([N+](=O)[O-])c1. The van der Waals surface area contributed by atoms with E-state index < -0.39 is 4.92 Å². The van der Waals surface area contributed by atoms with Crippen LogP contribution in [0.1, 0.15) is 0 Å². The van der Waals surface area contributed by atoms with Gasteiger partial charge in [0.15, 0.2) is 0 Å². The van der Waals surface area contributed by atoms with Crippen molar-refractivity contribution in [2.24, 2.45) is 0 Å². The topological polar surface area (TPSA) is 114 Å². The molecule has 0 fully saturated rings. The second kappa shape index (κ2) is 7.24. The summed E-state index contributed by atoms with van der Waals surface area (Å²) in [5, 5.41) is 21.9. The van der Waals surface area contributed by atoms with E-state index in [1.807, 2.05) is 12.1 Å². The van der Waals surface area contributed by atoms with Crippen molar-refractivity contribution in [3.05, 3.63) is 46.9 Å². The number of amides is 1. The summed E-state index contributed by atoms with van der Waals surface area (Å²) in [5.41, 5.74) is 0.599. The van der Waals surface area contributed by atoms with Crippen LogP contribution in [0.15, 0.2) is 41.7 Å². The van der Waals surface area contributed by atoms with Crippen LogP contribution >= 0.6 is 11.8 Å². The number of carbonyl (C=O) groups excluding carboxylic acids is 1. The van der Waals surface area contributed by atoms with Gasteiger partial charge in [0.25, 0.3) is 0 Å². The molecule has 0 radical (unpaired) electrons. The molecule has 1 heterocycles. The molecular formula is C13H11N5O3S. The summed E-state index contributed by atoms with van der Waals surface area (Å²) < 4.78 is 1.33. The van der Waals surface area contributed by atoms with Gasteiger partial charge in [-0.15, -0.1) is 11.8 Å². The lowest BCUT2D eigenvalue weighted by atomic mass is 10.3. The lowest BCUT2D eigenvalue weighted by molar-refractivity contribution is -0.389. The van der Waals surface area contributed by atoms with E-state index in [1.165, 1.54) is 28.9 Å². The molecule has 0 aliphatic heterocycles. The Hall–Kier alpha value is -2.86. The van der Waals surface area contributed by atoms with Gasteiger partial charge < -0.3 is 20.0 Å².